The number of amides is 2. The molecule has 2 aliphatic rings. The SMILES string of the molecule is CN(C)CCCNC(=O)C1CC1C(=O)N1CCN(c2ncccn2)CC1. The van der Waals surface area contributed by atoms with Crippen LogP contribution in [0.3, 0.4) is 0 Å². The second-order valence-corrected chi connectivity index (χ2v) is 7.26. The molecule has 8 nitrogen and oxygen atoms in total. The van der Waals surface area contributed by atoms with Gasteiger partial charge in [-0.3, -0.25) is 9.59 Å². The molecule has 142 valence electrons. The molecule has 26 heavy (non-hydrogen) atoms. The monoisotopic (exact) mass is 360 g/mol. The Morgan fingerprint density at radius 1 is 1.15 bits per heavy atom. The second-order valence-electron chi connectivity index (χ2n) is 7.26. The third kappa shape index (κ3) is 4.69. The summed E-state index contributed by atoms with van der Waals surface area (Å²) in [4.78, 5) is 39.4. The Morgan fingerprint density at radius 3 is 2.50 bits per heavy atom. The highest BCUT2D eigenvalue weighted by Gasteiger charge is 2.49. The lowest BCUT2D eigenvalue weighted by atomic mass is 10.2. The smallest absolute Gasteiger partial charge is 0.226 e. The summed E-state index contributed by atoms with van der Waals surface area (Å²) in [5.74, 6) is 0.576. The van der Waals surface area contributed by atoms with Crippen molar-refractivity contribution in [2.24, 2.45) is 11.8 Å². The number of carbonyl (C=O) groups is 2. The first-order valence-corrected chi connectivity index (χ1v) is 9.29. The third-order valence-electron chi connectivity index (χ3n) is 4.95. The molecule has 0 bridgehead atoms. The first-order chi connectivity index (χ1) is 12.6. The van der Waals surface area contributed by atoms with E-state index in [9.17, 15) is 9.59 Å². The van der Waals surface area contributed by atoms with E-state index in [0.29, 0.717) is 32.0 Å². The average molecular weight is 360 g/mol. The molecule has 1 aromatic heterocycles. The average Bonchev–Trinajstić information content (AvgIpc) is 3.46. The van der Waals surface area contributed by atoms with Crippen LogP contribution < -0.4 is 10.2 Å². The molecule has 1 N–H and O–H groups in total. The lowest BCUT2D eigenvalue weighted by Gasteiger charge is -2.34. The normalized spacial score (nSPS) is 22.4. The predicted molar refractivity (Wildman–Crippen MR) is 98.6 cm³/mol. The van der Waals surface area contributed by atoms with E-state index < -0.39 is 0 Å². The highest BCUT2D eigenvalue weighted by molar-refractivity contribution is 5.92. The van der Waals surface area contributed by atoms with Gasteiger partial charge < -0.3 is 20.0 Å². The van der Waals surface area contributed by atoms with Gasteiger partial charge in [0, 0.05) is 45.1 Å². The molecule has 1 saturated heterocycles. The minimum Gasteiger partial charge on any atom is -0.356 e. The Labute approximate surface area is 154 Å². The van der Waals surface area contributed by atoms with Gasteiger partial charge in [-0.05, 0) is 39.5 Å². The summed E-state index contributed by atoms with van der Waals surface area (Å²) in [5, 5.41) is 2.96. The van der Waals surface area contributed by atoms with Gasteiger partial charge in [-0.1, -0.05) is 0 Å². The van der Waals surface area contributed by atoms with Gasteiger partial charge in [0.05, 0.1) is 11.8 Å². The van der Waals surface area contributed by atoms with E-state index in [1.807, 2.05) is 19.0 Å². The molecule has 2 amide bonds. The number of carbonyl (C=O) groups excluding carboxylic acids is 2. The van der Waals surface area contributed by atoms with Gasteiger partial charge in [0.2, 0.25) is 17.8 Å². The standard InChI is InChI=1S/C18H28N6O2/c1-22(2)8-4-7-19-16(25)14-13-15(14)17(26)23-9-11-24(12-10-23)18-20-5-3-6-21-18/h3,5-6,14-15H,4,7-13H2,1-2H3,(H,19,25). The van der Waals surface area contributed by atoms with Crippen molar-refractivity contribution in [1.82, 2.24) is 25.1 Å². The van der Waals surface area contributed by atoms with Crippen LogP contribution in [0.15, 0.2) is 18.5 Å². The highest BCUT2D eigenvalue weighted by atomic mass is 16.2. The number of nitrogens with zero attached hydrogens (tertiary/aromatic N) is 5. The molecular weight excluding hydrogens is 332 g/mol. The van der Waals surface area contributed by atoms with Crippen LogP contribution in [0, 0.1) is 11.8 Å². The lowest BCUT2D eigenvalue weighted by Crippen LogP contribution is -2.50. The molecular formula is C18H28N6O2. The van der Waals surface area contributed by atoms with Crippen molar-refractivity contribution in [3.8, 4) is 0 Å². The van der Waals surface area contributed by atoms with Crippen LogP contribution in [0.4, 0.5) is 5.95 Å². The van der Waals surface area contributed by atoms with E-state index >= 15 is 0 Å². The number of nitrogens with one attached hydrogen (secondary N) is 1. The first kappa shape index (κ1) is 18.6. The van der Waals surface area contributed by atoms with E-state index in [1.54, 1.807) is 18.5 Å². The van der Waals surface area contributed by atoms with Crippen LogP contribution >= 0.6 is 0 Å². The molecule has 2 atom stereocenters. The van der Waals surface area contributed by atoms with Crippen molar-refractivity contribution in [2.45, 2.75) is 12.8 Å². The molecule has 8 heteroatoms. The summed E-state index contributed by atoms with van der Waals surface area (Å²) in [6.45, 7) is 4.39. The van der Waals surface area contributed by atoms with Gasteiger partial charge in [0.25, 0.3) is 0 Å². The molecule has 1 aliphatic carbocycles. The quantitative estimate of drug-likeness (QED) is 0.680. The Morgan fingerprint density at radius 2 is 1.85 bits per heavy atom. The van der Waals surface area contributed by atoms with E-state index in [0.717, 1.165) is 26.1 Å². The van der Waals surface area contributed by atoms with Crippen LogP contribution in [0.5, 0.6) is 0 Å². The summed E-state index contributed by atoms with van der Waals surface area (Å²) >= 11 is 0. The van der Waals surface area contributed by atoms with Crippen molar-refractivity contribution in [2.75, 3.05) is 58.3 Å². The van der Waals surface area contributed by atoms with Gasteiger partial charge in [-0.25, -0.2) is 9.97 Å². The van der Waals surface area contributed by atoms with E-state index in [-0.39, 0.29) is 23.7 Å². The van der Waals surface area contributed by atoms with Crippen molar-refractivity contribution in [3.63, 3.8) is 0 Å². The fourth-order valence-corrected chi connectivity index (χ4v) is 3.31. The molecule has 2 unspecified atom stereocenters. The number of rotatable bonds is 7. The zero-order valence-corrected chi connectivity index (χ0v) is 15.6. The number of piperazine rings is 1. The fourth-order valence-electron chi connectivity index (χ4n) is 3.31. The minimum atomic E-state index is -0.141. The Kier molecular flexibility index (Phi) is 6.03. The van der Waals surface area contributed by atoms with Gasteiger partial charge >= 0.3 is 0 Å². The summed E-state index contributed by atoms with van der Waals surface area (Å²) < 4.78 is 0. The van der Waals surface area contributed by atoms with Crippen LogP contribution in [0.1, 0.15) is 12.8 Å². The Hall–Kier alpha value is -2.22. The molecule has 3 rings (SSSR count). The van der Waals surface area contributed by atoms with Crippen molar-refractivity contribution in [1.29, 1.82) is 0 Å². The van der Waals surface area contributed by atoms with Crippen molar-refractivity contribution in [3.05, 3.63) is 18.5 Å². The number of aromatic nitrogens is 2. The largest absolute Gasteiger partial charge is 0.356 e. The topological polar surface area (TPSA) is 81.7 Å². The molecule has 0 spiro atoms. The van der Waals surface area contributed by atoms with Crippen molar-refractivity contribution >= 4 is 17.8 Å². The maximum Gasteiger partial charge on any atom is 0.226 e. The van der Waals surface area contributed by atoms with Gasteiger partial charge in [0.1, 0.15) is 0 Å². The number of hydrogen-bond donors (Lipinski definition) is 1. The van der Waals surface area contributed by atoms with Gasteiger partial charge in [-0.15, -0.1) is 0 Å². The molecule has 1 aliphatic heterocycles. The molecule has 2 heterocycles. The number of anilines is 1. The van der Waals surface area contributed by atoms with E-state index in [4.69, 9.17) is 0 Å². The first-order valence-electron chi connectivity index (χ1n) is 9.29. The summed E-state index contributed by atoms with van der Waals surface area (Å²) in [5.41, 5.74) is 0. The molecule has 1 saturated carbocycles. The molecule has 2 fully saturated rings. The lowest BCUT2D eigenvalue weighted by molar-refractivity contribution is -0.135. The predicted octanol–water partition coefficient (Wildman–Crippen LogP) is -0.171. The zero-order chi connectivity index (χ0) is 18.5. The second kappa shape index (κ2) is 8.44. The highest BCUT2D eigenvalue weighted by Crippen LogP contribution is 2.40. The van der Waals surface area contributed by atoms with E-state index in [1.165, 1.54) is 0 Å². The maximum atomic E-state index is 12.6. The Bertz CT molecular complexity index is 615. The fraction of sp³-hybridized carbons (Fsp3) is 0.667. The van der Waals surface area contributed by atoms with Crippen LogP contribution in [-0.4, -0.2) is 84.9 Å². The summed E-state index contributed by atoms with van der Waals surface area (Å²) in [6.07, 6.45) is 5.06. The zero-order valence-electron chi connectivity index (χ0n) is 15.6. The van der Waals surface area contributed by atoms with Crippen LogP contribution in [0.25, 0.3) is 0 Å². The number of hydrogen-bond acceptors (Lipinski definition) is 6. The van der Waals surface area contributed by atoms with Gasteiger partial charge in [0.15, 0.2) is 0 Å². The Balaban J connectivity index is 1.39. The minimum absolute atomic E-state index is 0.0263. The molecule has 0 radical (unpaired) electrons. The van der Waals surface area contributed by atoms with Crippen LogP contribution in [-0.2, 0) is 9.59 Å². The maximum absolute atomic E-state index is 12.6. The van der Waals surface area contributed by atoms with Crippen molar-refractivity contribution < 1.29 is 9.59 Å². The molecule has 1 aromatic rings. The summed E-state index contributed by atoms with van der Waals surface area (Å²) in [7, 11) is 4.03. The van der Waals surface area contributed by atoms with E-state index in [2.05, 4.69) is 25.1 Å². The van der Waals surface area contributed by atoms with Gasteiger partial charge in [-0.2, -0.15) is 0 Å². The summed E-state index contributed by atoms with van der Waals surface area (Å²) in [6, 6.07) is 1.79. The third-order valence-corrected chi connectivity index (χ3v) is 4.95. The molecule has 0 aromatic carbocycles. The van der Waals surface area contributed by atoms with Crippen LogP contribution in [0.2, 0.25) is 0 Å².